The topological polar surface area (TPSA) is 49.3 Å². The molecule has 35 heavy (non-hydrogen) atoms. The van der Waals surface area contributed by atoms with Gasteiger partial charge < -0.3 is 9.80 Å². The van der Waals surface area contributed by atoms with Gasteiger partial charge in [0.2, 0.25) is 5.91 Å². The van der Waals surface area contributed by atoms with Crippen molar-refractivity contribution in [1.82, 2.24) is 14.9 Å². The molecule has 1 aliphatic carbocycles. The van der Waals surface area contributed by atoms with Gasteiger partial charge in [-0.3, -0.25) is 9.78 Å². The standard InChI is InChI=1S/C28H30BrClN4O/c1-33(2)25-13-18(7-10-31-25)14-26(35)34-11-8-19(9-12-34)27-24-6-5-23(30)16-20(24)3-4-21-15-22(29)17-32-28(21)27/h5-7,10,13,15-17,19,27H,3-4,8-9,11-12,14H2,1-2H3. The number of benzene rings is 1. The average molecular weight is 554 g/mol. The number of piperidine rings is 1. The van der Waals surface area contributed by atoms with Crippen LogP contribution < -0.4 is 4.90 Å². The van der Waals surface area contributed by atoms with E-state index < -0.39 is 0 Å². The molecule has 0 saturated carbocycles. The number of anilines is 1. The fourth-order valence-corrected chi connectivity index (χ4v) is 6.12. The molecule has 1 aliphatic heterocycles. The minimum Gasteiger partial charge on any atom is -0.363 e. The Hall–Kier alpha value is -2.44. The molecular formula is C28H30BrClN4O. The van der Waals surface area contributed by atoms with Crippen molar-refractivity contribution in [2.24, 2.45) is 5.92 Å². The number of halogens is 2. The van der Waals surface area contributed by atoms with Gasteiger partial charge in [-0.15, -0.1) is 0 Å². The van der Waals surface area contributed by atoms with Gasteiger partial charge in [0.25, 0.3) is 0 Å². The molecule has 0 N–H and O–H groups in total. The Morgan fingerprint density at radius 1 is 1.09 bits per heavy atom. The Morgan fingerprint density at radius 3 is 2.63 bits per heavy atom. The van der Waals surface area contributed by atoms with Crippen LogP contribution in [-0.2, 0) is 24.1 Å². The summed E-state index contributed by atoms with van der Waals surface area (Å²) in [6.07, 6.45) is 7.98. The predicted octanol–water partition coefficient (Wildman–Crippen LogP) is 5.67. The molecule has 2 aromatic heterocycles. The molecule has 2 aliphatic rings. The molecule has 0 spiro atoms. The summed E-state index contributed by atoms with van der Waals surface area (Å²) < 4.78 is 1.02. The highest BCUT2D eigenvalue weighted by Gasteiger charge is 2.35. The van der Waals surface area contributed by atoms with Crippen molar-refractivity contribution in [3.8, 4) is 0 Å². The number of fused-ring (bicyclic) bond motifs is 2. The normalized spacial score (nSPS) is 17.9. The summed E-state index contributed by atoms with van der Waals surface area (Å²) in [6, 6.07) is 12.5. The fraction of sp³-hybridized carbons (Fsp3) is 0.393. The summed E-state index contributed by atoms with van der Waals surface area (Å²) in [4.78, 5) is 26.4. The van der Waals surface area contributed by atoms with E-state index in [1.54, 1.807) is 6.20 Å². The van der Waals surface area contributed by atoms with Gasteiger partial charge in [0.1, 0.15) is 5.82 Å². The van der Waals surface area contributed by atoms with Crippen LogP contribution in [0.3, 0.4) is 0 Å². The number of nitrogens with zero attached hydrogens (tertiary/aromatic N) is 4. The Kier molecular flexibility index (Phi) is 7.12. The first-order valence-corrected chi connectivity index (χ1v) is 13.4. The third kappa shape index (κ3) is 5.24. The van der Waals surface area contributed by atoms with Gasteiger partial charge >= 0.3 is 0 Å². The Bertz CT molecular complexity index is 1190. The number of rotatable bonds is 4. The first-order valence-electron chi connectivity index (χ1n) is 12.2. The SMILES string of the molecule is CN(C)c1cc(CC(=O)N2CCC(C3c4ccc(Cl)cc4CCc4cc(Br)cnc43)CC2)ccn1. The largest absolute Gasteiger partial charge is 0.363 e. The van der Waals surface area contributed by atoms with E-state index >= 15 is 0 Å². The highest BCUT2D eigenvalue weighted by molar-refractivity contribution is 9.10. The monoisotopic (exact) mass is 552 g/mol. The molecule has 3 heterocycles. The van der Waals surface area contributed by atoms with Crippen LogP contribution in [-0.4, -0.2) is 48.0 Å². The number of hydrogen-bond donors (Lipinski definition) is 0. The second-order valence-electron chi connectivity index (χ2n) is 9.83. The molecule has 7 heteroatoms. The Morgan fingerprint density at radius 2 is 1.86 bits per heavy atom. The minimum atomic E-state index is 0.190. The third-order valence-electron chi connectivity index (χ3n) is 7.35. The van der Waals surface area contributed by atoms with Gasteiger partial charge in [-0.25, -0.2) is 4.98 Å². The molecule has 1 saturated heterocycles. The highest BCUT2D eigenvalue weighted by atomic mass is 79.9. The van der Waals surface area contributed by atoms with Crippen molar-refractivity contribution in [2.45, 2.75) is 38.0 Å². The van der Waals surface area contributed by atoms with E-state index in [-0.39, 0.29) is 11.8 Å². The second-order valence-corrected chi connectivity index (χ2v) is 11.2. The van der Waals surface area contributed by atoms with Gasteiger partial charge in [0, 0.05) is 55.0 Å². The van der Waals surface area contributed by atoms with Crippen LogP contribution in [0.25, 0.3) is 0 Å². The van der Waals surface area contributed by atoms with Crippen LogP contribution in [0.4, 0.5) is 5.82 Å². The third-order valence-corrected chi connectivity index (χ3v) is 8.02. The first kappa shape index (κ1) is 24.3. The molecule has 1 amide bonds. The zero-order valence-electron chi connectivity index (χ0n) is 20.2. The van der Waals surface area contributed by atoms with E-state index in [0.717, 1.165) is 59.6 Å². The quantitative estimate of drug-likeness (QED) is 0.418. The smallest absolute Gasteiger partial charge is 0.226 e. The van der Waals surface area contributed by atoms with E-state index in [4.69, 9.17) is 16.6 Å². The fourth-order valence-electron chi connectivity index (χ4n) is 5.54. The lowest BCUT2D eigenvalue weighted by atomic mass is 9.76. The lowest BCUT2D eigenvalue weighted by Gasteiger charge is -2.37. The highest BCUT2D eigenvalue weighted by Crippen LogP contribution is 2.43. The summed E-state index contributed by atoms with van der Waals surface area (Å²) in [5, 5.41) is 0.788. The van der Waals surface area contributed by atoms with Gasteiger partial charge in [-0.1, -0.05) is 17.7 Å². The van der Waals surface area contributed by atoms with Crippen LogP contribution in [0.1, 0.15) is 46.7 Å². The summed E-state index contributed by atoms with van der Waals surface area (Å²) >= 11 is 9.98. The number of likely N-dealkylation sites (tertiary alicyclic amines) is 1. The molecule has 5 rings (SSSR count). The van der Waals surface area contributed by atoms with Gasteiger partial charge in [-0.05, 0) is 100 Å². The molecule has 1 aromatic carbocycles. The number of amides is 1. The van der Waals surface area contributed by atoms with Crippen molar-refractivity contribution in [2.75, 3.05) is 32.1 Å². The first-order chi connectivity index (χ1) is 16.9. The molecule has 1 unspecified atom stereocenters. The van der Waals surface area contributed by atoms with Crippen LogP contribution in [0.2, 0.25) is 5.02 Å². The van der Waals surface area contributed by atoms with E-state index in [9.17, 15) is 4.79 Å². The Balaban J connectivity index is 1.34. The lowest BCUT2D eigenvalue weighted by Crippen LogP contribution is -2.40. The maximum atomic E-state index is 13.1. The number of carbonyl (C=O) groups excluding carboxylic acids is 1. The van der Waals surface area contributed by atoms with E-state index in [1.807, 2.05) is 48.3 Å². The molecule has 1 fully saturated rings. The molecule has 5 nitrogen and oxygen atoms in total. The van der Waals surface area contributed by atoms with Crippen LogP contribution in [0, 0.1) is 5.92 Å². The van der Waals surface area contributed by atoms with Crippen LogP contribution in [0.5, 0.6) is 0 Å². The number of hydrogen-bond acceptors (Lipinski definition) is 4. The summed E-state index contributed by atoms with van der Waals surface area (Å²) in [5.41, 5.74) is 6.18. The maximum Gasteiger partial charge on any atom is 0.226 e. The number of aromatic nitrogens is 2. The van der Waals surface area contributed by atoms with Gasteiger partial charge in [0.15, 0.2) is 0 Å². The molecule has 1 atom stereocenters. The zero-order valence-corrected chi connectivity index (χ0v) is 22.5. The maximum absolute atomic E-state index is 13.1. The zero-order chi connectivity index (χ0) is 24.5. The van der Waals surface area contributed by atoms with Crippen LogP contribution in [0.15, 0.2) is 53.3 Å². The van der Waals surface area contributed by atoms with Gasteiger partial charge in [-0.2, -0.15) is 0 Å². The summed E-state index contributed by atoms with van der Waals surface area (Å²) in [7, 11) is 3.92. The molecule has 0 bridgehead atoms. The van der Waals surface area contributed by atoms with Crippen molar-refractivity contribution < 1.29 is 4.79 Å². The van der Waals surface area contributed by atoms with Crippen molar-refractivity contribution in [1.29, 1.82) is 0 Å². The molecule has 3 aromatic rings. The molecule has 182 valence electrons. The van der Waals surface area contributed by atoms with E-state index in [1.165, 1.54) is 22.4 Å². The average Bonchev–Trinajstić information content (AvgIpc) is 3.00. The van der Waals surface area contributed by atoms with Crippen LogP contribution >= 0.6 is 27.5 Å². The Labute approximate surface area is 220 Å². The van der Waals surface area contributed by atoms with Crippen molar-refractivity contribution in [3.05, 3.63) is 86.2 Å². The second kappa shape index (κ2) is 10.3. The number of pyridine rings is 2. The van der Waals surface area contributed by atoms with Crippen molar-refractivity contribution in [3.63, 3.8) is 0 Å². The number of aryl methyl sites for hydroxylation is 2. The summed E-state index contributed by atoms with van der Waals surface area (Å²) in [5.74, 6) is 1.73. The predicted molar refractivity (Wildman–Crippen MR) is 144 cm³/mol. The van der Waals surface area contributed by atoms with Gasteiger partial charge in [0.05, 0.1) is 12.1 Å². The van der Waals surface area contributed by atoms with E-state index in [0.29, 0.717) is 12.3 Å². The molecular weight excluding hydrogens is 524 g/mol. The number of carbonyl (C=O) groups is 1. The van der Waals surface area contributed by atoms with E-state index in [2.05, 4.69) is 39.1 Å². The summed E-state index contributed by atoms with van der Waals surface area (Å²) in [6.45, 7) is 1.56. The minimum absolute atomic E-state index is 0.190. The van der Waals surface area contributed by atoms with Crippen molar-refractivity contribution >= 4 is 39.3 Å². The molecule has 0 radical (unpaired) electrons. The lowest BCUT2D eigenvalue weighted by molar-refractivity contribution is -0.131.